The highest BCUT2D eigenvalue weighted by atomic mass is 31.1. The minimum absolute atomic E-state index is 0.167. The lowest BCUT2D eigenvalue weighted by Gasteiger charge is -2.27. The summed E-state index contributed by atoms with van der Waals surface area (Å²) in [5.74, 6) is 2.06. The van der Waals surface area contributed by atoms with E-state index in [0.29, 0.717) is 8.58 Å². The fourth-order valence-corrected chi connectivity index (χ4v) is 8.36. The van der Waals surface area contributed by atoms with Gasteiger partial charge in [-0.1, -0.05) is 206 Å². The Morgan fingerprint density at radius 2 is 1.66 bits per heavy atom. The summed E-state index contributed by atoms with van der Waals surface area (Å²) in [6.07, 6.45) is 39.5. The summed E-state index contributed by atoms with van der Waals surface area (Å²) < 4.78 is 0. The number of rotatable bonds is 13. The van der Waals surface area contributed by atoms with Crippen LogP contribution in [0, 0.1) is 5.41 Å². The van der Waals surface area contributed by atoms with Gasteiger partial charge in [-0.25, -0.2) is 0 Å². The number of hydrogen-bond acceptors (Lipinski definition) is 1. The molecule has 294 valence electrons. The number of nitrogens with two attached hydrogens (primary N) is 1. The zero-order valence-electron chi connectivity index (χ0n) is 35.0. The molecule has 0 aromatic heterocycles. The van der Waals surface area contributed by atoms with Gasteiger partial charge < -0.3 is 5.73 Å². The van der Waals surface area contributed by atoms with E-state index >= 15 is 0 Å². The lowest BCUT2D eigenvalue weighted by molar-refractivity contribution is 0.515. The van der Waals surface area contributed by atoms with Gasteiger partial charge in [0.2, 0.25) is 0 Å². The average Bonchev–Trinajstić information content (AvgIpc) is 3.23. The summed E-state index contributed by atoms with van der Waals surface area (Å²) >= 11 is 0. The summed E-state index contributed by atoms with van der Waals surface area (Å²) in [5, 5.41) is 1.22. The van der Waals surface area contributed by atoms with Gasteiger partial charge >= 0.3 is 0 Å². The van der Waals surface area contributed by atoms with Crippen molar-refractivity contribution in [3.63, 3.8) is 0 Å². The van der Waals surface area contributed by atoms with Crippen LogP contribution >= 0.6 is 8.58 Å². The maximum absolute atomic E-state index is 6.81. The van der Waals surface area contributed by atoms with Crippen LogP contribution < -0.4 is 11.0 Å². The largest absolute Gasteiger partial charge is 0.398 e. The smallest absolute Gasteiger partial charge is 0.0400 e. The van der Waals surface area contributed by atoms with Crippen LogP contribution in [0.25, 0.3) is 46.1 Å². The van der Waals surface area contributed by atoms with Crippen molar-refractivity contribution >= 4 is 43.4 Å². The quantitative estimate of drug-likeness (QED) is 0.0621. The van der Waals surface area contributed by atoms with Crippen LogP contribution in [0.15, 0.2) is 205 Å². The van der Waals surface area contributed by atoms with Crippen LogP contribution in [0.1, 0.15) is 68.4 Å². The summed E-state index contributed by atoms with van der Waals surface area (Å²) in [6.45, 7) is 16.8. The van der Waals surface area contributed by atoms with Gasteiger partial charge in [0.1, 0.15) is 0 Å². The lowest BCUT2D eigenvalue weighted by Crippen LogP contribution is -2.13. The molecule has 2 aliphatic carbocycles. The minimum Gasteiger partial charge on any atom is -0.398 e. The van der Waals surface area contributed by atoms with E-state index in [0.717, 1.165) is 63.9 Å². The Hall–Kier alpha value is -6.23. The summed E-state index contributed by atoms with van der Waals surface area (Å²) in [6, 6.07) is 28.7. The second-order valence-electron chi connectivity index (χ2n) is 15.7. The van der Waals surface area contributed by atoms with Crippen molar-refractivity contribution in [1.82, 2.24) is 0 Å². The predicted molar refractivity (Wildman–Crippen MR) is 265 cm³/mol. The third kappa shape index (κ3) is 11.0. The summed E-state index contributed by atoms with van der Waals surface area (Å²) in [5.41, 5.74) is 25.9. The van der Waals surface area contributed by atoms with Gasteiger partial charge in [0.25, 0.3) is 0 Å². The molecule has 0 fully saturated rings. The highest BCUT2D eigenvalue weighted by Gasteiger charge is 2.23. The van der Waals surface area contributed by atoms with E-state index in [1.165, 1.54) is 38.7 Å². The first-order valence-electron chi connectivity index (χ1n) is 20.5. The zero-order chi connectivity index (χ0) is 41.6. The highest BCUT2D eigenvalue weighted by Crippen LogP contribution is 2.40. The first kappa shape index (κ1) is 42.4. The summed E-state index contributed by atoms with van der Waals surface area (Å²) in [4.78, 5) is 0. The van der Waals surface area contributed by atoms with Crippen LogP contribution in [-0.4, -0.2) is 0 Å². The maximum Gasteiger partial charge on any atom is 0.0400 e. The van der Waals surface area contributed by atoms with E-state index in [1.54, 1.807) is 6.08 Å². The standard InChI is InChI=1S/C57H56NP/c1-7-10-12-14-22-43-38-48(44-23-15-13-16-24-44)41-49(39-43)45-31-29-42(30-32-45)40-53(57(4,5)6)50(21-9-3)46-25-20-26-47-34-36-54(58)56(51(47)35-33-46)52-27-17-18-28-55(52)59-37-19-11-8-2/h7-12,14-15,17-18,20-21,23-41,59H,2-3,13,16,22,58H2,1,4-6H3/b10-7-,14-12-,25-20?,26-20+,35-33-,46-25+,46-33?,47-26?,50-21-,51-35?,53-40+. The first-order valence-corrected chi connectivity index (χ1v) is 21.6. The van der Waals surface area contributed by atoms with E-state index in [2.05, 4.69) is 203 Å². The molecule has 1 nitrogen and oxygen atoms in total. The van der Waals surface area contributed by atoms with E-state index in [-0.39, 0.29) is 5.41 Å². The summed E-state index contributed by atoms with van der Waals surface area (Å²) in [7, 11) is 0.441. The van der Waals surface area contributed by atoms with Gasteiger partial charge in [0.15, 0.2) is 0 Å². The zero-order valence-corrected chi connectivity index (χ0v) is 36.0. The molecular formula is C57H56NP. The van der Waals surface area contributed by atoms with Crippen molar-refractivity contribution in [2.75, 3.05) is 5.73 Å². The molecule has 2 heteroatoms. The number of nitrogen functional groups attached to an aromatic ring is 1. The maximum atomic E-state index is 6.81. The van der Waals surface area contributed by atoms with Crippen molar-refractivity contribution in [2.45, 2.75) is 47.0 Å². The fraction of sp³-hybridized carbons (Fsp3) is 0.140. The van der Waals surface area contributed by atoms with Crippen LogP contribution in [0.4, 0.5) is 5.69 Å². The molecule has 0 spiro atoms. The predicted octanol–water partition coefficient (Wildman–Crippen LogP) is 15.4. The Balaban J connectivity index is 1.36. The molecule has 0 bridgehead atoms. The number of hydrogen-bond donors (Lipinski definition) is 1. The molecular weight excluding hydrogens is 730 g/mol. The normalized spacial score (nSPS) is 16.5. The molecule has 1 atom stereocenters. The second kappa shape index (κ2) is 20.5. The Morgan fingerprint density at radius 3 is 2.41 bits per heavy atom. The Labute approximate surface area is 355 Å². The molecule has 0 amide bonds. The van der Waals surface area contributed by atoms with Crippen LogP contribution in [0.5, 0.6) is 0 Å². The van der Waals surface area contributed by atoms with Crippen molar-refractivity contribution in [2.24, 2.45) is 5.41 Å². The molecule has 1 unspecified atom stereocenters. The average molecular weight is 786 g/mol. The van der Waals surface area contributed by atoms with Crippen molar-refractivity contribution in [1.29, 1.82) is 0 Å². The van der Waals surface area contributed by atoms with Gasteiger partial charge in [-0.05, 0) is 128 Å². The third-order valence-corrected chi connectivity index (χ3v) is 11.4. The van der Waals surface area contributed by atoms with Crippen LogP contribution in [-0.2, 0) is 6.42 Å². The van der Waals surface area contributed by atoms with Gasteiger partial charge in [-0.3, -0.25) is 0 Å². The molecule has 6 rings (SSSR count). The molecule has 59 heavy (non-hydrogen) atoms. The van der Waals surface area contributed by atoms with E-state index in [1.807, 2.05) is 25.1 Å². The molecule has 0 aliphatic heterocycles. The van der Waals surface area contributed by atoms with E-state index in [9.17, 15) is 0 Å². The van der Waals surface area contributed by atoms with Crippen molar-refractivity contribution < 1.29 is 0 Å². The monoisotopic (exact) mass is 785 g/mol. The first-order chi connectivity index (χ1) is 28.7. The number of fused-ring (bicyclic) bond motifs is 1. The Morgan fingerprint density at radius 1 is 0.847 bits per heavy atom. The molecule has 2 aliphatic rings. The highest BCUT2D eigenvalue weighted by molar-refractivity contribution is 7.50. The Kier molecular flexibility index (Phi) is 14.7. The molecule has 2 N–H and O–H groups in total. The number of benzene rings is 4. The third-order valence-electron chi connectivity index (χ3n) is 10.4. The van der Waals surface area contributed by atoms with Crippen LogP contribution in [0.2, 0.25) is 0 Å². The minimum atomic E-state index is -0.167. The number of anilines is 1. The van der Waals surface area contributed by atoms with Crippen molar-refractivity contribution in [3.05, 3.63) is 233 Å². The molecule has 0 saturated carbocycles. The topological polar surface area (TPSA) is 26.0 Å². The second-order valence-corrected chi connectivity index (χ2v) is 16.8. The molecule has 0 saturated heterocycles. The van der Waals surface area contributed by atoms with Crippen LogP contribution in [0.3, 0.4) is 0 Å². The number of allylic oxidation sites excluding steroid dienone is 18. The Bertz CT molecular complexity index is 2540. The van der Waals surface area contributed by atoms with Gasteiger partial charge in [0.05, 0.1) is 0 Å². The van der Waals surface area contributed by atoms with Gasteiger partial charge in [0, 0.05) is 11.3 Å². The van der Waals surface area contributed by atoms with E-state index < -0.39 is 0 Å². The molecule has 0 heterocycles. The molecule has 4 aromatic carbocycles. The lowest BCUT2D eigenvalue weighted by atomic mass is 9.77. The molecule has 4 aromatic rings. The fourth-order valence-electron chi connectivity index (χ4n) is 7.46. The van der Waals surface area contributed by atoms with Gasteiger partial charge in [-0.2, -0.15) is 0 Å². The van der Waals surface area contributed by atoms with Crippen molar-refractivity contribution in [3.8, 4) is 22.3 Å². The van der Waals surface area contributed by atoms with Gasteiger partial charge in [-0.15, -0.1) is 5.73 Å². The SMILES string of the molecule is C=CC=C=CPc1ccccc1-c1c(N)ccc2c1\C=C/C(C(=C/C=C)/C(=C\c1ccc(-c3cc(C/C=C\C=C/C)cc(C4=CCCC=C4)c3)cc1)C(C)(C)C)=C\C=C\2. The molecule has 0 radical (unpaired) electrons. The van der Waals surface area contributed by atoms with E-state index in [4.69, 9.17) is 5.73 Å².